The highest BCUT2D eigenvalue weighted by atomic mass is 14.9. The summed E-state index contributed by atoms with van der Waals surface area (Å²) in [6.07, 6.45) is 0. The third kappa shape index (κ3) is 5.23. The molecule has 0 aliphatic rings. The summed E-state index contributed by atoms with van der Waals surface area (Å²) in [6.45, 7) is 4.66. The molecule has 0 spiro atoms. The molecule has 3 radical (unpaired) electrons. The number of rotatable bonds is 8. The predicted molar refractivity (Wildman–Crippen MR) is 61.2 cm³/mol. The van der Waals surface area contributed by atoms with Gasteiger partial charge in [-0.1, -0.05) is 24.3 Å². The second-order valence-corrected chi connectivity index (χ2v) is 3.88. The summed E-state index contributed by atoms with van der Waals surface area (Å²) in [6, 6.07) is 8.63. The summed E-state index contributed by atoms with van der Waals surface area (Å²) in [7, 11) is 0. The molecule has 16 heavy (non-hydrogen) atoms. The number of hydrogen-bond acceptors (Lipinski definition) is 0. The lowest BCUT2D eigenvalue weighted by Gasteiger charge is -2.02. The van der Waals surface area contributed by atoms with E-state index in [0.29, 0.717) is 13.1 Å². The van der Waals surface area contributed by atoms with Crippen LogP contribution in [0.1, 0.15) is 11.1 Å². The zero-order valence-corrected chi connectivity index (χ0v) is 9.71. The van der Waals surface area contributed by atoms with E-state index in [9.17, 15) is 0 Å². The molecule has 0 saturated carbocycles. The summed E-state index contributed by atoms with van der Waals surface area (Å²) in [5.41, 5.74) is 16.7. The first-order chi connectivity index (χ1) is 7.86. The third-order valence-corrected chi connectivity index (χ3v) is 2.48. The van der Waals surface area contributed by atoms with Gasteiger partial charge in [-0.3, -0.25) is 5.73 Å². The van der Waals surface area contributed by atoms with E-state index in [-0.39, 0.29) is 0 Å². The van der Waals surface area contributed by atoms with Crippen LogP contribution in [0.5, 0.6) is 0 Å². The minimum absolute atomic E-state index is 0.486. The molecule has 0 atom stereocenters. The van der Waals surface area contributed by atoms with Gasteiger partial charge < -0.3 is 10.6 Å². The van der Waals surface area contributed by atoms with Crippen LogP contribution in [-0.2, 0) is 13.1 Å². The molecule has 1 aromatic rings. The maximum atomic E-state index is 7.05. The van der Waals surface area contributed by atoms with Crippen molar-refractivity contribution in [3.63, 3.8) is 0 Å². The van der Waals surface area contributed by atoms with Gasteiger partial charge in [0.15, 0.2) is 0 Å². The molecule has 0 saturated heterocycles. The van der Waals surface area contributed by atoms with Gasteiger partial charge in [-0.15, -0.1) is 0 Å². The highest BCUT2D eigenvalue weighted by Crippen LogP contribution is 2.01. The van der Waals surface area contributed by atoms with Crippen molar-refractivity contribution in [1.29, 1.82) is 0 Å². The number of nitrogens with two attached hydrogens (primary N) is 2. The molecule has 0 heterocycles. The number of benzene rings is 1. The lowest BCUT2D eigenvalue weighted by molar-refractivity contribution is -0.684. The van der Waals surface area contributed by atoms with Crippen molar-refractivity contribution in [2.45, 2.75) is 13.1 Å². The fourth-order valence-electron chi connectivity index (χ4n) is 1.55. The minimum Gasteiger partial charge on any atom is -0.341 e. The summed E-state index contributed by atoms with van der Waals surface area (Å²) in [4.78, 5) is 0. The van der Waals surface area contributed by atoms with E-state index < -0.39 is 0 Å². The molecule has 0 amide bonds. The molecule has 0 aliphatic heterocycles. The Labute approximate surface area is 97.4 Å². The maximum Gasteiger partial charge on any atom is 0.229 e. The Kier molecular flexibility index (Phi) is 6.76. The monoisotopic (exact) mass is 222 g/mol. The lowest BCUT2D eigenvalue weighted by atomic mass is 10.1. The predicted octanol–water partition coefficient (Wildman–Crippen LogP) is -3.09. The minimum atomic E-state index is 0.486. The standard InChI is InChI=1S/C12H20N4/c13-5-7-15-9-11-1-2-12(4-3-11)10-16-8-6-14/h1-4,13-16H,5-10H2/q+1/p+2. The van der Waals surface area contributed by atoms with E-state index in [2.05, 4.69) is 34.9 Å². The second-order valence-electron chi connectivity index (χ2n) is 3.88. The van der Waals surface area contributed by atoms with Gasteiger partial charge in [0, 0.05) is 16.9 Å². The molecule has 6 N–H and O–H groups in total. The SMILES string of the molecule is [NH]CC[NH2+]Cc1ccc(C[NH2+]CC[NH+])cc1. The average molecular weight is 222 g/mol. The molecule has 0 unspecified atom stereocenters. The van der Waals surface area contributed by atoms with Crippen LogP contribution in [0.3, 0.4) is 0 Å². The van der Waals surface area contributed by atoms with Gasteiger partial charge in [0.05, 0.1) is 13.1 Å². The van der Waals surface area contributed by atoms with Crippen molar-refractivity contribution in [3.8, 4) is 0 Å². The first kappa shape index (κ1) is 13.1. The van der Waals surface area contributed by atoms with E-state index in [0.717, 1.165) is 26.2 Å². The van der Waals surface area contributed by atoms with E-state index in [1.54, 1.807) is 0 Å². The number of hydrogen-bond donors (Lipinski definition) is 2. The number of quaternary nitrogens is 2. The normalized spacial score (nSPS) is 10.6. The quantitative estimate of drug-likeness (QED) is 0.437. The van der Waals surface area contributed by atoms with Crippen LogP contribution in [0.2, 0.25) is 0 Å². The fourth-order valence-corrected chi connectivity index (χ4v) is 1.55. The molecule has 0 aromatic heterocycles. The molecular formula is C12H22N4+3. The van der Waals surface area contributed by atoms with Gasteiger partial charge in [-0.25, -0.2) is 0 Å². The largest absolute Gasteiger partial charge is 0.341 e. The van der Waals surface area contributed by atoms with Gasteiger partial charge in [-0.2, -0.15) is 0 Å². The Bertz CT molecular complexity index is 242. The topological polar surface area (TPSA) is 80.8 Å². The lowest BCUT2D eigenvalue weighted by Crippen LogP contribution is -2.86. The van der Waals surface area contributed by atoms with Crippen LogP contribution < -0.4 is 22.1 Å². The van der Waals surface area contributed by atoms with Crippen LogP contribution in [0.25, 0.3) is 0 Å². The first-order valence-electron chi connectivity index (χ1n) is 5.87. The van der Waals surface area contributed by atoms with E-state index in [4.69, 9.17) is 11.5 Å². The highest BCUT2D eigenvalue weighted by molar-refractivity contribution is 5.20. The molecular weight excluding hydrogens is 200 g/mol. The zero-order valence-electron chi connectivity index (χ0n) is 9.71. The van der Waals surface area contributed by atoms with Gasteiger partial charge in [0.1, 0.15) is 19.6 Å². The Morgan fingerprint density at radius 1 is 0.938 bits per heavy atom. The zero-order chi connectivity index (χ0) is 11.6. The third-order valence-electron chi connectivity index (χ3n) is 2.48. The van der Waals surface area contributed by atoms with Gasteiger partial charge in [0.25, 0.3) is 0 Å². The van der Waals surface area contributed by atoms with E-state index >= 15 is 0 Å². The Balaban J connectivity index is 2.30. The van der Waals surface area contributed by atoms with Crippen molar-refractivity contribution < 1.29 is 16.4 Å². The van der Waals surface area contributed by atoms with Crippen LogP contribution in [0.15, 0.2) is 24.3 Å². The van der Waals surface area contributed by atoms with Crippen LogP contribution >= 0.6 is 0 Å². The molecule has 0 bridgehead atoms. The summed E-state index contributed by atoms with van der Waals surface area (Å²) < 4.78 is 0. The van der Waals surface area contributed by atoms with Crippen LogP contribution in [0, 0.1) is 0 Å². The Hall–Kier alpha value is -0.940. The summed E-state index contributed by atoms with van der Waals surface area (Å²) >= 11 is 0. The van der Waals surface area contributed by atoms with Crippen molar-refractivity contribution in [2.24, 2.45) is 0 Å². The molecule has 4 heteroatoms. The van der Waals surface area contributed by atoms with Crippen molar-refractivity contribution in [3.05, 3.63) is 35.4 Å². The fraction of sp³-hybridized carbons (Fsp3) is 0.500. The molecule has 1 rings (SSSR count). The van der Waals surface area contributed by atoms with Gasteiger partial charge in [0.2, 0.25) is 6.54 Å². The van der Waals surface area contributed by atoms with Gasteiger partial charge >= 0.3 is 0 Å². The van der Waals surface area contributed by atoms with Crippen molar-refractivity contribution in [2.75, 3.05) is 26.2 Å². The first-order valence-corrected chi connectivity index (χ1v) is 5.87. The highest BCUT2D eigenvalue weighted by Gasteiger charge is 1.98. The van der Waals surface area contributed by atoms with Crippen LogP contribution in [-0.4, -0.2) is 26.2 Å². The van der Waals surface area contributed by atoms with E-state index in [1.807, 2.05) is 0 Å². The van der Waals surface area contributed by atoms with Crippen molar-refractivity contribution >= 4 is 0 Å². The van der Waals surface area contributed by atoms with Gasteiger partial charge in [-0.05, 0) is 0 Å². The van der Waals surface area contributed by atoms with Crippen molar-refractivity contribution in [1.82, 2.24) is 5.73 Å². The second kappa shape index (κ2) is 8.24. The molecule has 0 aliphatic carbocycles. The Morgan fingerprint density at radius 3 is 1.88 bits per heavy atom. The summed E-state index contributed by atoms with van der Waals surface area (Å²) in [5, 5.41) is 4.32. The van der Waals surface area contributed by atoms with E-state index in [1.165, 1.54) is 11.1 Å². The molecule has 87 valence electrons. The maximum absolute atomic E-state index is 7.05. The molecule has 1 aromatic carbocycles. The number of nitrogens with one attached hydrogen (secondary N) is 2. The Morgan fingerprint density at radius 2 is 1.44 bits per heavy atom. The molecule has 4 nitrogen and oxygen atoms in total. The summed E-state index contributed by atoms with van der Waals surface area (Å²) in [5.74, 6) is 0. The smallest absolute Gasteiger partial charge is 0.229 e. The average Bonchev–Trinajstić information content (AvgIpc) is 2.32. The molecule has 0 fully saturated rings. The van der Waals surface area contributed by atoms with Crippen LogP contribution in [0.4, 0.5) is 0 Å².